The second kappa shape index (κ2) is 4.91. The molecule has 1 aromatic rings. The van der Waals surface area contributed by atoms with Gasteiger partial charge in [-0.2, -0.15) is 5.10 Å². The van der Waals surface area contributed by atoms with E-state index < -0.39 is 12.5 Å². The molecule has 1 N–H and O–H groups in total. The Morgan fingerprint density at radius 2 is 2.39 bits per heavy atom. The van der Waals surface area contributed by atoms with Gasteiger partial charge in [-0.15, -0.1) is 0 Å². The molecule has 0 unspecified atom stereocenters. The average molecular weight is 283 g/mol. The number of nitrogens with zero attached hydrogens (tertiary/aromatic N) is 3. The predicted octanol–water partition coefficient (Wildman–Crippen LogP) is 0.706. The van der Waals surface area contributed by atoms with Crippen LogP contribution in [0.2, 0.25) is 0 Å². The van der Waals surface area contributed by atoms with Crippen LogP contribution in [0.5, 0.6) is 0 Å². The monoisotopic (exact) mass is 283 g/mol. The molecular weight excluding hydrogens is 274 g/mol. The van der Waals surface area contributed by atoms with Crippen LogP contribution < -0.4 is 0 Å². The first-order chi connectivity index (χ1) is 8.47. The molecule has 1 amide bonds. The van der Waals surface area contributed by atoms with Crippen molar-refractivity contribution in [2.75, 3.05) is 6.54 Å². The highest BCUT2D eigenvalue weighted by atomic mass is 32.2. The Morgan fingerprint density at radius 3 is 2.94 bits per heavy atom. The maximum absolute atomic E-state index is 11.9. The van der Waals surface area contributed by atoms with Crippen molar-refractivity contribution in [3.8, 4) is 0 Å². The number of carbonyl (C=O) groups excluding carboxylic acids is 1. The highest BCUT2D eigenvalue weighted by Crippen LogP contribution is 2.32. The van der Waals surface area contributed by atoms with Crippen molar-refractivity contribution in [2.45, 2.75) is 0 Å². The summed E-state index contributed by atoms with van der Waals surface area (Å²) < 4.78 is 1.88. The first kappa shape index (κ1) is 12.8. The lowest BCUT2D eigenvalue weighted by molar-refractivity contribution is -0.140. The van der Waals surface area contributed by atoms with E-state index >= 15 is 0 Å². The van der Waals surface area contributed by atoms with Crippen molar-refractivity contribution in [3.63, 3.8) is 0 Å². The number of rotatable bonds is 3. The Kier molecular flexibility index (Phi) is 3.48. The van der Waals surface area contributed by atoms with E-state index in [4.69, 9.17) is 17.3 Å². The number of aliphatic carboxylic acids is 1. The van der Waals surface area contributed by atoms with E-state index in [1.807, 2.05) is 0 Å². The summed E-state index contributed by atoms with van der Waals surface area (Å²) in [7, 11) is 1.77. The number of carbonyl (C=O) groups is 2. The van der Waals surface area contributed by atoms with Gasteiger partial charge in [0.05, 0.1) is 11.1 Å². The van der Waals surface area contributed by atoms with Crippen LogP contribution >= 0.6 is 24.0 Å². The Hall–Kier alpha value is -1.67. The summed E-state index contributed by atoms with van der Waals surface area (Å²) in [6.45, 7) is -0.408. The molecule has 8 heteroatoms. The van der Waals surface area contributed by atoms with Crippen molar-refractivity contribution >= 4 is 46.3 Å². The molecule has 6 nitrogen and oxygen atoms in total. The van der Waals surface area contributed by atoms with E-state index in [9.17, 15) is 9.59 Å². The first-order valence-corrected chi connectivity index (χ1v) is 6.15. The molecule has 0 aliphatic carbocycles. The van der Waals surface area contributed by atoms with Gasteiger partial charge in [-0.3, -0.25) is 19.2 Å². The summed E-state index contributed by atoms with van der Waals surface area (Å²) in [4.78, 5) is 24.0. The van der Waals surface area contributed by atoms with Crippen molar-refractivity contribution in [3.05, 3.63) is 22.9 Å². The van der Waals surface area contributed by atoms with Gasteiger partial charge in [-0.05, 0) is 6.08 Å². The highest BCUT2D eigenvalue weighted by molar-refractivity contribution is 8.26. The molecule has 1 aliphatic heterocycles. The zero-order valence-electron chi connectivity index (χ0n) is 9.36. The first-order valence-electron chi connectivity index (χ1n) is 4.93. The molecular formula is C10H9N3O3S2. The van der Waals surface area contributed by atoms with E-state index in [0.29, 0.717) is 4.91 Å². The molecule has 0 radical (unpaired) electrons. The topological polar surface area (TPSA) is 75.4 Å². The number of aryl methyl sites for hydroxylation is 1. The van der Waals surface area contributed by atoms with E-state index in [1.165, 1.54) is 0 Å². The summed E-state index contributed by atoms with van der Waals surface area (Å²) >= 11 is 6.07. The zero-order valence-corrected chi connectivity index (χ0v) is 11.0. The number of thioether (sulfide) groups is 1. The molecule has 0 aromatic carbocycles. The average Bonchev–Trinajstić information content (AvgIpc) is 2.78. The van der Waals surface area contributed by atoms with E-state index in [-0.39, 0.29) is 10.2 Å². The number of aromatic nitrogens is 2. The second-order valence-corrected chi connectivity index (χ2v) is 5.28. The smallest absolute Gasteiger partial charge is 0.323 e. The Bertz CT molecular complexity index is 564. The SMILES string of the molecule is Cn1cc(/C=C2/SC(=S)N(CC(=O)O)C2=O)cn1. The van der Waals surface area contributed by atoms with Gasteiger partial charge in [0.25, 0.3) is 5.91 Å². The summed E-state index contributed by atoms with van der Waals surface area (Å²) in [5, 5.41) is 12.7. The lowest BCUT2D eigenvalue weighted by Crippen LogP contribution is -2.33. The predicted molar refractivity (Wildman–Crippen MR) is 70.7 cm³/mol. The lowest BCUT2D eigenvalue weighted by atomic mass is 10.3. The molecule has 18 heavy (non-hydrogen) atoms. The van der Waals surface area contributed by atoms with Crippen molar-refractivity contribution in [1.82, 2.24) is 14.7 Å². The molecule has 0 spiro atoms. The number of thiocarbonyl (C=S) groups is 1. The molecule has 0 saturated carbocycles. The third kappa shape index (κ3) is 2.59. The fraction of sp³-hybridized carbons (Fsp3) is 0.200. The minimum atomic E-state index is -1.09. The van der Waals surface area contributed by atoms with Gasteiger partial charge < -0.3 is 5.11 Å². The molecule has 1 fully saturated rings. The molecule has 1 aromatic heterocycles. The number of carboxylic acids is 1. The number of amides is 1. The van der Waals surface area contributed by atoms with Gasteiger partial charge in [0, 0.05) is 18.8 Å². The fourth-order valence-electron chi connectivity index (χ4n) is 1.44. The van der Waals surface area contributed by atoms with Crippen molar-refractivity contribution in [2.24, 2.45) is 7.05 Å². The maximum atomic E-state index is 11.9. The Morgan fingerprint density at radius 1 is 1.67 bits per heavy atom. The van der Waals surface area contributed by atoms with Gasteiger partial charge in [0.1, 0.15) is 10.9 Å². The summed E-state index contributed by atoms with van der Waals surface area (Å²) in [6.07, 6.45) is 5.02. The van der Waals surface area contributed by atoms with Crippen LogP contribution in [-0.2, 0) is 16.6 Å². The zero-order chi connectivity index (χ0) is 13.3. The van der Waals surface area contributed by atoms with Crippen LogP contribution in [0.4, 0.5) is 0 Å². The highest BCUT2D eigenvalue weighted by Gasteiger charge is 2.33. The standard InChI is InChI=1S/C10H9N3O3S2/c1-12-4-6(3-11-12)2-7-9(16)13(5-8(14)15)10(17)18-7/h2-4H,5H2,1H3,(H,14,15)/b7-2+. The summed E-state index contributed by atoms with van der Waals surface area (Å²) in [5.74, 6) is -1.47. The Balaban J connectivity index is 2.22. The molecule has 1 saturated heterocycles. The van der Waals surface area contributed by atoms with E-state index in [0.717, 1.165) is 22.2 Å². The normalized spacial score (nSPS) is 17.8. The van der Waals surface area contributed by atoms with Crippen LogP contribution in [0.1, 0.15) is 5.56 Å². The number of carboxylic acid groups (broad SMARTS) is 1. The second-order valence-electron chi connectivity index (χ2n) is 3.61. The number of hydrogen-bond acceptors (Lipinski definition) is 5. The number of hydrogen-bond donors (Lipinski definition) is 1. The third-order valence-electron chi connectivity index (χ3n) is 2.19. The molecule has 2 rings (SSSR count). The van der Waals surface area contributed by atoms with Crippen LogP contribution in [0.15, 0.2) is 17.3 Å². The fourth-order valence-corrected chi connectivity index (χ4v) is 2.69. The van der Waals surface area contributed by atoms with Gasteiger partial charge in [0.15, 0.2) is 0 Å². The summed E-state index contributed by atoms with van der Waals surface area (Å²) in [5.41, 5.74) is 0.772. The van der Waals surface area contributed by atoms with Gasteiger partial charge in [-0.1, -0.05) is 24.0 Å². The minimum Gasteiger partial charge on any atom is -0.480 e. The molecule has 94 valence electrons. The largest absolute Gasteiger partial charge is 0.480 e. The molecule has 0 bridgehead atoms. The van der Waals surface area contributed by atoms with E-state index in [2.05, 4.69) is 5.10 Å². The molecule has 1 aliphatic rings. The lowest BCUT2D eigenvalue weighted by Gasteiger charge is -2.09. The van der Waals surface area contributed by atoms with Gasteiger partial charge in [-0.25, -0.2) is 0 Å². The summed E-state index contributed by atoms with van der Waals surface area (Å²) in [6, 6.07) is 0. The van der Waals surface area contributed by atoms with Crippen molar-refractivity contribution < 1.29 is 14.7 Å². The maximum Gasteiger partial charge on any atom is 0.323 e. The van der Waals surface area contributed by atoms with Gasteiger partial charge >= 0.3 is 5.97 Å². The van der Waals surface area contributed by atoms with E-state index in [1.54, 1.807) is 30.2 Å². The quantitative estimate of drug-likeness (QED) is 0.650. The van der Waals surface area contributed by atoms with Crippen LogP contribution in [-0.4, -0.2) is 42.5 Å². The van der Waals surface area contributed by atoms with Gasteiger partial charge in [0.2, 0.25) is 0 Å². The third-order valence-corrected chi connectivity index (χ3v) is 3.57. The van der Waals surface area contributed by atoms with Crippen LogP contribution in [0, 0.1) is 0 Å². The van der Waals surface area contributed by atoms with Crippen LogP contribution in [0.25, 0.3) is 6.08 Å². The molecule has 2 heterocycles. The molecule has 0 atom stereocenters. The minimum absolute atomic E-state index is 0.262. The van der Waals surface area contributed by atoms with Crippen LogP contribution in [0.3, 0.4) is 0 Å². The van der Waals surface area contributed by atoms with Crippen molar-refractivity contribution in [1.29, 1.82) is 0 Å². The Labute approximate surface area is 112 Å².